The predicted octanol–water partition coefficient (Wildman–Crippen LogP) is 3.24. The second-order valence-corrected chi connectivity index (χ2v) is 4.73. The molecular formula is C15H14N2O4. The Morgan fingerprint density at radius 1 is 1.24 bits per heavy atom. The molecule has 0 saturated carbocycles. The van der Waals surface area contributed by atoms with Gasteiger partial charge in [0.25, 0.3) is 5.69 Å². The normalized spacial score (nSPS) is 12.2. The molecule has 2 aromatic rings. The Hall–Kier alpha value is -2.76. The van der Waals surface area contributed by atoms with E-state index < -0.39 is 0 Å². The summed E-state index contributed by atoms with van der Waals surface area (Å²) in [6.45, 7) is 2.47. The Balaban J connectivity index is 1.86. The molecule has 6 heteroatoms. The van der Waals surface area contributed by atoms with Crippen LogP contribution in [0.2, 0.25) is 0 Å². The molecule has 0 bridgehead atoms. The Kier molecular flexibility index (Phi) is 3.35. The van der Waals surface area contributed by atoms with Crippen LogP contribution in [0.15, 0.2) is 36.4 Å². The summed E-state index contributed by atoms with van der Waals surface area (Å²) in [5.74, 6) is 1.40. The van der Waals surface area contributed by atoms with E-state index in [2.05, 4.69) is 5.32 Å². The van der Waals surface area contributed by atoms with Gasteiger partial charge in [-0.05, 0) is 18.6 Å². The van der Waals surface area contributed by atoms with Gasteiger partial charge in [-0.15, -0.1) is 0 Å². The zero-order valence-electron chi connectivity index (χ0n) is 11.5. The van der Waals surface area contributed by atoms with Crippen molar-refractivity contribution in [2.24, 2.45) is 0 Å². The largest absolute Gasteiger partial charge is 0.454 e. The molecule has 3 rings (SSSR count). The predicted molar refractivity (Wildman–Crippen MR) is 77.7 cm³/mol. The van der Waals surface area contributed by atoms with Gasteiger partial charge in [-0.2, -0.15) is 0 Å². The third kappa shape index (κ3) is 2.47. The first-order valence-corrected chi connectivity index (χ1v) is 6.52. The van der Waals surface area contributed by atoms with Crippen LogP contribution in [0.4, 0.5) is 11.4 Å². The molecule has 21 heavy (non-hydrogen) atoms. The second-order valence-electron chi connectivity index (χ2n) is 4.73. The average Bonchev–Trinajstić information content (AvgIpc) is 2.94. The number of nitrogens with one attached hydrogen (secondary N) is 1. The number of nitro benzene ring substituents is 1. The number of hydrogen-bond donors (Lipinski definition) is 1. The molecule has 0 saturated heterocycles. The number of fused-ring (bicyclic) bond motifs is 1. The number of rotatable bonds is 4. The van der Waals surface area contributed by atoms with Gasteiger partial charge in [-0.25, -0.2) is 0 Å². The van der Waals surface area contributed by atoms with E-state index >= 15 is 0 Å². The molecule has 0 unspecified atom stereocenters. The molecule has 1 N–H and O–H groups in total. The van der Waals surface area contributed by atoms with Crippen molar-refractivity contribution in [2.75, 3.05) is 12.1 Å². The summed E-state index contributed by atoms with van der Waals surface area (Å²) in [7, 11) is 0. The summed E-state index contributed by atoms with van der Waals surface area (Å²) in [5, 5.41) is 14.2. The number of nitrogens with zero attached hydrogens (tertiary/aromatic N) is 1. The van der Waals surface area contributed by atoms with Crippen LogP contribution < -0.4 is 14.8 Å². The first-order chi connectivity index (χ1) is 10.2. The first kappa shape index (κ1) is 13.2. The number of aryl methyl sites for hydroxylation is 1. The average molecular weight is 286 g/mol. The van der Waals surface area contributed by atoms with Crippen molar-refractivity contribution in [3.63, 3.8) is 0 Å². The van der Waals surface area contributed by atoms with Crippen molar-refractivity contribution in [1.29, 1.82) is 0 Å². The van der Waals surface area contributed by atoms with E-state index in [1.807, 2.05) is 31.2 Å². The fraction of sp³-hybridized carbons (Fsp3) is 0.200. The van der Waals surface area contributed by atoms with Crippen LogP contribution in [-0.4, -0.2) is 11.7 Å². The minimum Gasteiger partial charge on any atom is -0.454 e. The fourth-order valence-corrected chi connectivity index (χ4v) is 2.35. The maximum absolute atomic E-state index is 11.1. The van der Waals surface area contributed by atoms with E-state index in [0.717, 1.165) is 11.1 Å². The van der Waals surface area contributed by atoms with Gasteiger partial charge in [0.15, 0.2) is 11.5 Å². The van der Waals surface area contributed by atoms with E-state index in [4.69, 9.17) is 9.47 Å². The lowest BCUT2D eigenvalue weighted by Gasteiger charge is -2.11. The lowest BCUT2D eigenvalue weighted by molar-refractivity contribution is -0.384. The van der Waals surface area contributed by atoms with Crippen molar-refractivity contribution in [3.05, 3.63) is 57.6 Å². The first-order valence-electron chi connectivity index (χ1n) is 6.52. The number of anilines is 1. The lowest BCUT2D eigenvalue weighted by atomic mass is 10.1. The van der Waals surface area contributed by atoms with Crippen LogP contribution in [0.3, 0.4) is 0 Å². The smallest absolute Gasteiger partial charge is 0.292 e. The highest BCUT2D eigenvalue weighted by Gasteiger charge is 2.19. The van der Waals surface area contributed by atoms with Crippen LogP contribution in [0, 0.1) is 17.0 Å². The van der Waals surface area contributed by atoms with Gasteiger partial charge in [-0.3, -0.25) is 10.1 Å². The van der Waals surface area contributed by atoms with E-state index in [0.29, 0.717) is 23.7 Å². The molecule has 6 nitrogen and oxygen atoms in total. The van der Waals surface area contributed by atoms with Gasteiger partial charge in [-0.1, -0.05) is 24.3 Å². The zero-order chi connectivity index (χ0) is 14.8. The molecular weight excluding hydrogens is 272 g/mol. The van der Waals surface area contributed by atoms with E-state index in [1.54, 1.807) is 6.07 Å². The Morgan fingerprint density at radius 2 is 2.05 bits per heavy atom. The van der Waals surface area contributed by atoms with E-state index in [1.165, 1.54) is 6.07 Å². The number of benzene rings is 2. The van der Waals surface area contributed by atoms with Crippen LogP contribution in [0.25, 0.3) is 0 Å². The highest BCUT2D eigenvalue weighted by molar-refractivity contribution is 5.66. The van der Waals surface area contributed by atoms with Gasteiger partial charge >= 0.3 is 0 Å². The molecule has 0 aromatic heterocycles. The van der Waals surface area contributed by atoms with E-state index in [-0.39, 0.29) is 17.4 Å². The van der Waals surface area contributed by atoms with E-state index in [9.17, 15) is 10.1 Å². The highest BCUT2D eigenvalue weighted by Crippen LogP contribution is 2.36. The number of hydrogen-bond acceptors (Lipinski definition) is 5. The molecule has 0 spiro atoms. The minimum absolute atomic E-state index is 0.0692. The Morgan fingerprint density at radius 3 is 2.86 bits per heavy atom. The summed E-state index contributed by atoms with van der Waals surface area (Å²) in [6, 6.07) is 10.6. The maximum Gasteiger partial charge on any atom is 0.292 e. The quantitative estimate of drug-likeness (QED) is 0.690. The summed E-state index contributed by atoms with van der Waals surface area (Å²) in [4.78, 5) is 10.7. The number of ether oxygens (including phenoxy) is 2. The number of para-hydroxylation sites is 2. The summed E-state index contributed by atoms with van der Waals surface area (Å²) < 4.78 is 10.7. The number of nitro groups is 1. The molecule has 0 amide bonds. The third-order valence-corrected chi connectivity index (χ3v) is 3.38. The summed E-state index contributed by atoms with van der Waals surface area (Å²) in [5.41, 5.74) is 2.33. The zero-order valence-corrected chi connectivity index (χ0v) is 11.5. The van der Waals surface area contributed by atoms with Crippen molar-refractivity contribution in [2.45, 2.75) is 13.5 Å². The van der Waals surface area contributed by atoms with Crippen molar-refractivity contribution < 1.29 is 14.4 Å². The Bertz CT molecular complexity index is 700. The second kappa shape index (κ2) is 5.32. The van der Waals surface area contributed by atoms with Crippen molar-refractivity contribution in [1.82, 2.24) is 0 Å². The monoisotopic (exact) mass is 286 g/mol. The van der Waals surface area contributed by atoms with Crippen LogP contribution >= 0.6 is 0 Å². The molecule has 0 fully saturated rings. The van der Waals surface area contributed by atoms with Gasteiger partial charge in [0.2, 0.25) is 6.79 Å². The fourth-order valence-electron chi connectivity index (χ4n) is 2.35. The molecule has 0 radical (unpaired) electrons. The lowest BCUT2D eigenvalue weighted by Crippen LogP contribution is -2.05. The molecule has 1 aliphatic rings. The Labute approximate surface area is 121 Å². The van der Waals surface area contributed by atoms with Crippen LogP contribution in [0.5, 0.6) is 11.5 Å². The maximum atomic E-state index is 11.1. The minimum atomic E-state index is -0.385. The van der Waals surface area contributed by atoms with Gasteiger partial charge in [0, 0.05) is 18.2 Å². The van der Waals surface area contributed by atoms with Gasteiger partial charge < -0.3 is 14.8 Å². The molecule has 1 aliphatic heterocycles. The van der Waals surface area contributed by atoms with Crippen LogP contribution in [0.1, 0.15) is 11.1 Å². The molecule has 1 heterocycles. The standard InChI is InChI=1S/C15H14N2O4/c1-10-4-2-6-12(17(18)19)14(10)16-8-11-5-3-7-13-15(11)21-9-20-13/h2-7,16H,8-9H2,1H3. The molecule has 0 atom stereocenters. The molecule has 0 aliphatic carbocycles. The van der Waals surface area contributed by atoms with Gasteiger partial charge in [0.1, 0.15) is 5.69 Å². The topological polar surface area (TPSA) is 73.6 Å². The summed E-state index contributed by atoms with van der Waals surface area (Å²) >= 11 is 0. The van der Waals surface area contributed by atoms with Gasteiger partial charge in [0.05, 0.1) is 4.92 Å². The van der Waals surface area contributed by atoms with Crippen molar-refractivity contribution >= 4 is 11.4 Å². The van der Waals surface area contributed by atoms with Crippen LogP contribution in [-0.2, 0) is 6.54 Å². The summed E-state index contributed by atoms with van der Waals surface area (Å²) in [6.07, 6.45) is 0. The van der Waals surface area contributed by atoms with Crippen molar-refractivity contribution in [3.8, 4) is 11.5 Å². The molecule has 108 valence electrons. The SMILES string of the molecule is Cc1cccc([N+](=O)[O-])c1NCc1cccc2c1OCO2. The third-order valence-electron chi connectivity index (χ3n) is 3.38. The highest BCUT2D eigenvalue weighted by atomic mass is 16.7. The molecule has 2 aromatic carbocycles.